The summed E-state index contributed by atoms with van der Waals surface area (Å²) in [7, 11) is 0. The van der Waals surface area contributed by atoms with E-state index in [-0.39, 0.29) is 5.91 Å². The lowest BCUT2D eigenvalue weighted by molar-refractivity contribution is 0.0334. The molecule has 1 fully saturated rings. The first kappa shape index (κ1) is 18.1. The van der Waals surface area contributed by atoms with Crippen LogP contribution in [0.1, 0.15) is 40.7 Å². The van der Waals surface area contributed by atoms with Crippen molar-refractivity contribution in [3.05, 3.63) is 46.8 Å². The number of nitrogens with zero attached hydrogens (tertiary/aromatic N) is 5. The predicted molar refractivity (Wildman–Crippen MR) is 101 cm³/mol. The summed E-state index contributed by atoms with van der Waals surface area (Å²) in [4.78, 5) is 17.3. The minimum Gasteiger partial charge on any atom is -0.379 e. The summed E-state index contributed by atoms with van der Waals surface area (Å²) in [6.45, 7) is 8.38. The van der Waals surface area contributed by atoms with Gasteiger partial charge in [0.1, 0.15) is 5.69 Å². The van der Waals surface area contributed by atoms with Crippen molar-refractivity contribution in [2.75, 3.05) is 32.8 Å². The Morgan fingerprint density at radius 3 is 2.63 bits per heavy atom. The van der Waals surface area contributed by atoms with Crippen molar-refractivity contribution in [3.8, 4) is 0 Å². The van der Waals surface area contributed by atoms with Gasteiger partial charge in [-0.25, -0.2) is 4.68 Å². The second-order valence-electron chi connectivity index (χ2n) is 7.23. The van der Waals surface area contributed by atoms with Gasteiger partial charge in [0.2, 0.25) is 0 Å². The zero-order chi connectivity index (χ0) is 18.6. The van der Waals surface area contributed by atoms with Gasteiger partial charge in [-0.1, -0.05) is 24.3 Å². The fourth-order valence-electron chi connectivity index (χ4n) is 3.73. The molecule has 144 valence electrons. The van der Waals surface area contributed by atoms with Gasteiger partial charge in [0, 0.05) is 38.3 Å². The van der Waals surface area contributed by atoms with E-state index in [2.05, 4.69) is 22.1 Å². The van der Waals surface area contributed by atoms with E-state index in [1.54, 1.807) is 0 Å². The molecule has 0 atom stereocenters. The second kappa shape index (κ2) is 8.19. The molecule has 1 amide bonds. The molecule has 0 saturated carbocycles. The molecule has 2 aliphatic heterocycles. The molecule has 0 N–H and O–H groups in total. The number of fused-ring (bicyclic) bond motifs is 1. The van der Waals surface area contributed by atoms with Crippen molar-refractivity contribution < 1.29 is 9.53 Å². The van der Waals surface area contributed by atoms with Crippen LogP contribution in [0, 0.1) is 0 Å². The lowest BCUT2D eigenvalue weighted by Crippen LogP contribution is -2.36. The minimum absolute atomic E-state index is 0.0876. The Morgan fingerprint density at radius 2 is 1.89 bits per heavy atom. The summed E-state index contributed by atoms with van der Waals surface area (Å²) in [5.74, 6) is 0.0876. The van der Waals surface area contributed by atoms with E-state index in [0.29, 0.717) is 6.54 Å². The molecular formula is C20H27N5O2. The van der Waals surface area contributed by atoms with Gasteiger partial charge in [-0.15, -0.1) is 5.10 Å². The molecule has 2 aromatic rings. The first-order chi connectivity index (χ1) is 13.2. The third kappa shape index (κ3) is 4.04. The summed E-state index contributed by atoms with van der Waals surface area (Å²) < 4.78 is 7.41. The molecule has 3 heterocycles. The third-order valence-corrected chi connectivity index (χ3v) is 5.43. The normalized spacial score (nSPS) is 18.2. The van der Waals surface area contributed by atoms with Crippen molar-refractivity contribution in [3.63, 3.8) is 0 Å². The third-order valence-electron chi connectivity index (χ3n) is 5.43. The van der Waals surface area contributed by atoms with Crippen LogP contribution in [-0.4, -0.2) is 63.5 Å². The highest BCUT2D eigenvalue weighted by atomic mass is 16.5. The van der Waals surface area contributed by atoms with Crippen molar-refractivity contribution in [2.45, 2.75) is 39.4 Å². The Morgan fingerprint density at radius 1 is 1.11 bits per heavy atom. The molecule has 2 aliphatic rings. The zero-order valence-electron chi connectivity index (χ0n) is 15.9. The Labute approximate surface area is 159 Å². The van der Waals surface area contributed by atoms with Crippen LogP contribution in [0.25, 0.3) is 0 Å². The number of carbonyl (C=O) groups excluding carboxylic acids is 1. The average molecular weight is 369 g/mol. The lowest BCUT2D eigenvalue weighted by Gasteiger charge is -2.26. The van der Waals surface area contributed by atoms with Gasteiger partial charge in [-0.2, -0.15) is 0 Å². The number of aryl methyl sites for hydroxylation is 2. The summed E-state index contributed by atoms with van der Waals surface area (Å²) >= 11 is 0. The summed E-state index contributed by atoms with van der Waals surface area (Å²) in [5, 5.41) is 8.76. The number of carbonyl (C=O) groups is 1. The highest BCUT2D eigenvalue weighted by molar-refractivity contribution is 5.94. The number of benzene rings is 1. The standard InChI is InChI=1S/C20H27N5O2/c1-2-16-4-6-17(7-5-16)20(26)24-8-3-9-25-19(15-24)18(21-22-25)14-23-10-12-27-13-11-23/h4-7H,2-3,8-15H2,1H3. The summed E-state index contributed by atoms with van der Waals surface area (Å²) in [6.07, 6.45) is 1.88. The fraction of sp³-hybridized carbons (Fsp3) is 0.550. The predicted octanol–water partition coefficient (Wildman–Crippen LogP) is 1.72. The van der Waals surface area contributed by atoms with Gasteiger partial charge in [0.05, 0.1) is 25.5 Å². The van der Waals surface area contributed by atoms with Gasteiger partial charge < -0.3 is 9.64 Å². The quantitative estimate of drug-likeness (QED) is 0.821. The van der Waals surface area contributed by atoms with Crippen molar-refractivity contribution in [1.29, 1.82) is 0 Å². The summed E-state index contributed by atoms with van der Waals surface area (Å²) in [6, 6.07) is 7.97. The minimum atomic E-state index is 0.0876. The molecule has 0 unspecified atom stereocenters. The topological polar surface area (TPSA) is 63.5 Å². The highest BCUT2D eigenvalue weighted by Gasteiger charge is 2.25. The van der Waals surface area contributed by atoms with Gasteiger partial charge in [0.15, 0.2) is 0 Å². The molecule has 0 spiro atoms. The van der Waals surface area contributed by atoms with E-state index in [1.165, 1.54) is 5.56 Å². The van der Waals surface area contributed by atoms with E-state index in [0.717, 1.165) is 75.7 Å². The largest absolute Gasteiger partial charge is 0.379 e. The monoisotopic (exact) mass is 369 g/mol. The van der Waals surface area contributed by atoms with E-state index in [4.69, 9.17) is 4.74 Å². The molecular weight excluding hydrogens is 342 g/mol. The maximum atomic E-state index is 13.0. The number of rotatable bonds is 4. The van der Waals surface area contributed by atoms with Crippen molar-refractivity contribution >= 4 is 5.91 Å². The zero-order valence-corrected chi connectivity index (χ0v) is 15.9. The fourth-order valence-corrected chi connectivity index (χ4v) is 3.73. The average Bonchev–Trinajstić information content (AvgIpc) is 2.96. The van der Waals surface area contributed by atoms with Crippen LogP contribution in [0.2, 0.25) is 0 Å². The number of amides is 1. The van der Waals surface area contributed by atoms with E-state index in [9.17, 15) is 4.79 Å². The van der Waals surface area contributed by atoms with Crippen LogP contribution in [0.4, 0.5) is 0 Å². The molecule has 1 saturated heterocycles. The van der Waals surface area contributed by atoms with Crippen LogP contribution < -0.4 is 0 Å². The van der Waals surface area contributed by atoms with Gasteiger partial charge >= 0.3 is 0 Å². The number of morpholine rings is 1. The van der Waals surface area contributed by atoms with E-state index >= 15 is 0 Å². The van der Waals surface area contributed by atoms with Crippen LogP contribution in [0.15, 0.2) is 24.3 Å². The molecule has 27 heavy (non-hydrogen) atoms. The highest BCUT2D eigenvalue weighted by Crippen LogP contribution is 2.19. The van der Waals surface area contributed by atoms with Crippen molar-refractivity contribution in [1.82, 2.24) is 24.8 Å². The SMILES string of the molecule is CCc1ccc(C(=O)N2CCCn3nnc(CN4CCOCC4)c3C2)cc1. The summed E-state index contributed by atoms with van der Waals surface area (Å²) in [5.41, 5.74) is 4.05. The Hall–Kier alpha value is -2.25. The second-order valence-corrected chi connectivity index (χ2v) is 7.23. The molecule has 4 rings (SSSR count). The number of hydrogen-bond acceptors (Lipinski definition) is 5. The van der Waals surface area contributed by atoms with E-state index in [1.807, 2.05) is 33.8 Å². The van der Waals surface area contributed by atoms with E-state index < -0.39 is 0 Å². The maximum Gasteiger partial charge on any atom is 0.254 e. The van der Waals surface area contributed by atoms with Crippen LogP contribution in [-0.2, 0) is 30.8 Å². The molecule has 0 radical (unpaired) electrons. The van der Waals surface area contributed by atoms with Crippen LogP contribution in [0.3, 0.4) is 0 Å². The first-order valence-electron chi connectivity index (χ1n) is 9.84. The number of ether oxygens (including phenoxy) is 1. The molecule has 1 aromatic carbocycles. The first-order valence-corrected chi connectivity index (χ1v) is 9.84. The lowest BCUT2D eigenvalue weighted by atomic mass is 10.1. The number of aromatic nitrogens is 3. The molecule has 7 nitrogen and oxygen atoms in total. The van der Waals surface area contributed by atoms with Gasteiger partial charge in [-0.05, 0) is 30.5 Å². The van der Waals surface area contributed by atoms with Crippen molar-refractivity contribution in [2.24, 2.45) is 0 Å². The van der Waals surface area contributed by atoms with Crippen LogP contribution in [0.5, 0.6) is 0 Å². The van der Waals surface area contributed by atoms with Gasteiger partial charge in [0.25, 0.3) is 5.91 Å². The maximum absolute atomic E-state index is 13.0. The van der Waals surface area contributed by atoms with Gasteiger partial charge in [-0.3, -0.25) is 9.69 Å². The molecule has 0 bridgehead atoms. The molecule has 7 heteroatoms. The Balaban J connectivity index is 1.51. The van der Waals surface area contributed by atoms with Crippen LogP contribution >= 0.6 is 0 Å². The molecule has 0 aliphatic carbocycles. The Kier molecular flexibility index (Phi) is 5.50. The number of hydrogen-bond donors (Lipinski definition) is 0. The molecule has 1 aromatic heterocycles. The Bertz CT molecular complexity index is 780. The smallest absolute Gasteiger partial charge is 0.254 e.